The summed E-state index contributed by atoms with van der Waals surface area (Å²) in [6.45, 7) is 4.59. The lowest BCUT2D eigenvalue weighted by atomic mass is 10.0. The Hall–Kier alpha value is -1.85. The molecule has 26 heavy (non-hydrogen) atoms. The summed E-state index contributed by atoms with van der Waals surface area (Å²) in [5.74, 6) is 0.923. The van der Waals surface area contributed by atoms with Crippen LogP contribution in [0.15, 0.2) is 0 Å². The Bertz CT molecular complexity index is 690. The van der Waals surface area contributed by atoms with Crippen molar-refractivity contribution in [3.63, 3.8) is 0 Å². The molecule has 6 nitrogen and oxygen atoms in total. The molecular weight excluding hydrogens is 328 g/mol. The van der Waals surface area contributed by atoms with Crippen LogP contribution < -0.4 is 5.32 Å². The number of imidazole rings is 1. The first-order valence-electron chi connectivity index (χ1n) is 10.3. The van der Waals surface area contributed by atoms with E-state index in [0.717, 1.165) is 63.9 Å². The van der Waals surface area contributed by atoms with Crippen molar-refractivity contribution in [2.45, 2.75) is 77.3 Å². The third-order valence-electron chi connectivity index (χ3n) is 6.16. The Morgan fingerprint density at radius 3 is 2.62 bits per heavy atom. The van der Waals surface area contributed by atoms with Gasteiger partial charge < -0.3 is 14.8 Å². The summed E-state index contributed by atoms with van der Waals surface area (Å²) in [6, 6.07) is 0.269. The van der Waals surface area contributed by atoms with Crippen LogP contribution in [0.4, 0.5) is 0 Å². The van der Waals surface area contributed by atoms with Gasteiger partial charge in [0, 0.05) is 25.7 Å². The Balaban J connectivity index is 1.59. The maximum atomic E-state index is 13.1. The van der Waals surface area contributed by atoms with Crippen LogP contribution >= 0.6 is 0 Å². The molecule has 1 saturated heterocycles. The summed E-state index contributed by atoms with van der Waals surface area (Å²) in [4.78, 5) is 32.5. The fraction of sp³-hybridized carbons (Fsp3) is 0.750. The number of fused-ring (bicyclic) bond motifs is 1. The number of piperidine rings is 1. The lowest BCUT2D eigenvalue weighted by Gasteiger charge is -2.31. The van der Waals surface area contributed by atoms with Gasteiger partial charge in [0.05, 0.1) is 5.69 Å². The average molecular weight is 358 g/mol. The van der Waals surface area contributed by atoms with Crippen LogP contribution in [0.3, 0.4) is 0 Å². The fourth-order valence-electron chi connectivity index (χ4n) is 4.73. The van der Waals surface area contributed by atoms with Crippen molar-refractivity contribution >= 4 is 11.8 Å². The van der Waals surface area contributed by atoms with Gasteiger partial charge in [0.15, 0.2) is 5.82 Å². The quantitative estimate of drug-likeness (QED) is 0.903. The van der Waals surface area contributed by atoms with Gasteiger partial charge in [-0.05, 0) is 50.9 Å². The highest BCUT2D eigenvalue weighted by Gasteiger charge is 2.32. The Kier molecular flexibility index (Phi) is 5.00. The molecule has 1 aliphatic carbocycles. The summed E-state index contributed by atoms with van der Waals surface area (Å²) < 4.78 is 2.02. The van der Waals surface area contributed by atoms with E-state index in [1.807, 2.05) is 9.47 Å². The third-order valence-corrected chi connectivity index (χ3v) is 6.16. The fourth-order valence-corrected chi connectivity index (χ4v) is 4.73. The molecule has 3 aliphatic rings. The van der Waals surface area contributed by atoms with Gasteiger partial charge in [0.2, 0.25) is 0 Å². The zero-order valence-corrected chi connectivity index (χ0v) is 15.8. The van der Waals surface area contributed by atoms with Gasteiger partial charge in [0.1, 0.15) is 5.69 Å². The van der Waals surface area contributed by atoms with Gasteiger partial charge in [-0.2, -0.15) is 0 Å². The molecule has 1 saturated carbocycles. The number of carbonyl (C=O) groups excluding carboxylic acids is 2. The van der Waals surface area contributed by atoms with E-state index in [0.29, 0.717) is 17.4 Å². The van der Waals surface area contributed by atoms with Gasteiger partial charge in [-0.15, -0.1) is 0 Å². The summed E-state index contributed by atoms with van der Waals surface area (Å²) in [5.41, 5.74) is 1.45. The molecule has 0 radical (unpaired) electrons. The zero-order valence-electron chi connectivity index (χ0n) is 15.8. The topological polar surface area (TPSA) is 67.2 Å². The molecule has 1 atom stereocenters. The second-order valence-electron chi connectivity index (χ2n) is 8.29. The van der Waals surface area contributed by atoms with E-state index in [1.54, 1.807) is 0 Å². The molecule has 1 aromatic rings. The largest absolute Gasteiger partial charge is 0.348 e. The van der Waals surface area contributed by atoms with Crippen molar-refractivity contribution in [2.75, 3.05) is 13.1 Å². The Morgan fingerprint density at radius 2 is 1.85 bits per heavy atom. The first-order chi connectivity index (χ1) is 12.6. The summed E-state index contributed by atoms with van der Waals surface area (Å²) >= 11 is 0. The molecule has 1 unspecified atom stereocenters. The van der Waals surface area contributed by atoms with Crippen molar-refractivity contribution in [1.29, 1.82) is 0 Å². The number of nitrogens with zero attached hydrogens (tertiary/aromatic N) is 3. The van der Waals surface area contributed by atoms with E-state index < -0.39 is 0 Å². The van der Waals surface area contributed by atoms with Crippen LogP contribution in [0, 0.1) is 5.92 Å². The zero-order chi connectivity index (χ0) is 18.1. The van der Waals surface area contributed by atoms with Crippen molar-refractivity contribution in [3.8, 4) is 0 Å². The lowest BCUT2D eigenvalue weighted by Crippen LogP contribution is -2.40. The van der Waals surface area contributed by atoms with E-state index in [9.17, 15) is 9.59 Å². The number of rotatable bonds is 3. The van der Waals surface area contributed by atoms with Gasteiger partial charge in [-0.1, -0.05) is 19.8 Å². The molecule has 4 rings (SSSR count). The molecule has 1 aromatic heterocycles. The first-order valence-corrected chi connectivity index (χ1v) is 10.3. The summed E-state index contributed by atoms with van der Waals surface area (Å²) in [5, 5.41) is 3.14. The Labute approximate surface area is 155 Å². The third kappa shape index (κ3) is 3.38. The number of aromatic nitrogens is 2. The van der Waals surface area contributed by atoms with Crippen LogP contribution in [0.2, 0.25) is 0 Å². The van der Waals surface area contributed by atoms with E-state index in [2.05, 4.69) is 17.2 Å². The number of amides is 2. The molecule has 3 heterocycles. The lowest BCUT2D eigenvalue weighted by molar-refractivity contribution is 0.0664. The van der Waals surface area contributed by atoms with Crippen LogP contribution in [0.1, 0.15) is 85.1 Å². The second-order valence-corrected chi connectivity index (χ2v) is 8.29. The minimum absolute atomic E-state index is 0.000355. The molecule has 0 spiro atoms. The maximum absolute atomic E-state index is 13.1. The minimum atomic E-state index is -0.0892. The predicted octanol–water partition coefficient (Wildman–Crippen LogP) is 2.76. The van der Waals surface area contributed by atoms with Crippen LogP contribution in [-0.2, 0) is 13.0 Å². The van der Waals surface area contributed by atoms with Gasteiger partial charge in [-0.25, -0.2) is 4.98 Å². The van der Waals surface area contributed by atoms with E-state index in [-0.39, 0.29) is 17.9 Å². The summed E-state index contributed by atoms with van der Waals surface area (Å²) in [7, 11) is 0. The molecular formula is C20H30N4O2. The second kappa shape index (κ2) is 7.41. The molecule has 0 aromatic carbocycles. The number of likely N-dealkylation sites (tertiary alicyclic amines) is 1. The smallest absolute Gasteiger partial charge is 0.289 e. The van der Waals surface area contributed by atoms with E-state index >= 15 is 0 Å². The first kappa shape index (κ1) is 17.6. The highest BCUT2D eigenvalue weighted by atomic mass is 16.2. The molecule has 6 heteroatoms. The number of carbonyl (C=O) groups is 2. The standard InChI is InChI=1S/C20H30N4O2/c1-14-7-6-11-23(13-14)20(26)18-22-17(16-10-4-5-12-24(16)18)19(25)21-15-8-2-3-9-15/h14-15H,2-13H2,1H3,(H,21,25). The van der Waals surface area contributed by atoms with Gasteiger partial charge >= 0.3 is 0 Å². The monoisotopic (exact) mass is 358 g/mol. The van der Waals surface area contributed by atoms with Crippen LogP contribution in [-0.4, -0.2) is 45.4 Å². The van der Waals surface area contributed by atoms with Crippen molar-refractivity contribution in [1.82, 2.24) is 19.8 Å². The predicted molar refractivity (Wildman–Crippen MR) is 99.2 cm³/mol. The van der Waals surface area contributed by atoms with Crippen LogP contribution in [0.25, 0.3) is 0 Å². The van der Waals surface area contributed by atoms with Crippen LogP contribution in [0.5, 0.6) is 0 Å². The van der Waals surface area contributed by atoms with E-state index in [1.165, 1.54) is 19.3 Å². The molecule has 0 bridgehead atoms. The maximum Gasteiger partial charge on any atom is 0.289 e. The summed E-state index contributed by atoms with van der Waals surface area (Å²) in [6.07, 6.45) is 9.65. The van der Waals surface area contributed by atoms with Crippen molar-refractivity contribution in [3.05, 3.63) is 17.2 Å². The highest BCUT2D eigenvalue weighted by molar-refractivity contribution is 5.97. The van der Waals surface area contributed by atoms with Crippen molar-refractivity contribution < 1.29 is 9.59 Å². The van der Waals surface area contributed by atoms with Gasteiger partial charge in [0.25, 0.3) is 11.8 Å². The molecule has 1 N–H and O–H groups in total. The molecule has 142 valence electrons. The average Bonchev–Trinajstić information content (AvgIpc) is 3.28. The van der Waals surface area contributed by atoms with Crippen molar-refractivity contribution in [2.24, 2.45) is 5.92 Å². The molecule has 2 aliphatic heterocycles. The minimum Gasteiger partial charge on any atom is -0.348 e. The highest BCUT2D eigenvalue weighted by Crippen LogP contribution is 2.25. The molecule has 2 amide bonds. The SMILES string of the molecule is CC1CCCN(C(=O)c2nc(C(=O)NC3CCCC3)c3n2CCCC3)C1. The van der Waals surface area contributed by atoms with E-state index in [4.69, 9.17) is 0 Å². The molecule has 2 fully saturated rings. The number of nitrogens with one attached hydrogen (secondary N) is 1. The Morgan fingerprint density at radius 1 is 1.04 bits per heavy atom. The van der Waals surface area contributed by atoms with Gasteiger partial charge in [-0.3, -0.25) is 9.59 Å². The normalized spacial score (nSPS) is 23.7. The number of hydrogen-bond donors (Lipinski definition) is 1. The number of hydrogen-bond acceptors (Lipinski definition) is 3.